The zero-order chi connectivity index (χ0) is 15.0. The van der Waals surface area contributed by atoms with Gasteiger partial charge < -0.3 is 21.0 Å². The van der Waals surface area contributed by atoms with Gasteiger partial charge in [-0.25, -0.2) is 0 Å². The van der Waals surface area contributed by atoms with Gasteiger partial charge in [-0.2, -0.15) is 0 Å². The quantitative estimate of drug-likeness (QED) is 0.294. The number of nitrogens with one attached hydrogen (secondary N) is 1. The lowest BCUT2D eigenvalue weighted by Gasteiger charge is -2.22. The molecule has 1 aromatic rings. The third-order valence-electron chi connectivity index (χ3n) is 3.23. The Bertz CT molecular complexity index is 416. The molecule has 0 aliphatic rings. The number of rotatable bonds is 8. The molecule has 4 N–H and O–H groups in total. The first-order valence-electron chi connectivity index (χ1n) is 6.96. The van der Waals surface area contributed by atoms with Crippen LogP contribution in [0.25, 0.3) is 0 Å². The van der Waals surface area contributed by atoms with E-state index in [2.05, 4.69) is 24.3 Å². The average Bonchev–Trinajstić information content (AvgIpc) is 2.46. The summed E-state index contributed by atoms with van der Waals surface area (Å²) in [7, 11) is 0. The lowest BCUT2D eigenvalue weighted by atomic mass is 10.0. The molecular formula is C15H25N3O2. The van der Waals surface area contributed by atoms with E-state index in [0.717, 1.165) is 25.3 Å². The molecule has 0 saturated carbocycles. The van der Waals surface area contributed by atoms with Crippen molar-refractivity contribution in [3.8, 4) is 0 Å². The summed E-state index contributed by atoms with van der Waals surface area (Å²) in [6.07, 6.45) is 0. The van der Waals surface area contributed by atoms with Crippen molar-refractivity contribution in [3.63, 3.8) is 0 Å². The topological polar surface area (TPSA) is 79.9 Å². The highest BCUT2D eigenvalue weighted by molar-refractivity contribution is 5.96. The van der Waals surface area contributed by atoms with Crippen LogP contribution in [0.5, 0.6) is 0 Å². The van der Waals surface area contributed by atoms with Gasteiger partial charge in [0.15, 0.2) is 5.84 Å². The van der Waals surface area contributed by atoms with Crippen LogP contribution >= 0.6 is 0 Å². The Labute approximate surface area is 120 Å². The van der Waals surface area contributed by atoms with Crippen molar-refractivity contribution in [2.75, 3.05) is 13.2 Å². The van der Waals surface area contributed by atoms with Gasteiger partial charge in [0.25, 0.3) is 0 Å². The van der Waals surface area contributed by atoms with Gasteiger partial charge in [-0.15, -0.1) is 0 Å². The molecule has 0 bridgehead atoms. The number of hydrogen-bond donors (Lipinski definition) is 3. The standard InChI is InChI=1S/C15H25N3O2/c1-4-20-10-14(11(2)3)17-9-12-5-7-13(8-6-12)15(16)18-19/h5-8,11,14,17,19H,4,9-10H2,1-3H3,(H2,16,18). The van der Waals surface area contributed by atoms with Crippen LogP contribution in [0.3, 0.4) is 0 Å². The molecular weight excluding hydrogens is 254 g/mol. The maximum Gasteiger partial charge on any atom is 0.170 e. The lowest BCUT2D eigenvalue weighted by molar-refractivity contribution is 0.108. The fourth-order valence-electron chi connectivity index (χ4n) is 1.83. The Kier molecular flexibility index (Phi) is 7.04. The van der Waals surface area contributed by atoms with E-state index in [0.29, 0.717) is 17.5 Å². The molecule has 0 fully saturated rings. The van der Waals surface area contributed by atoms with Crippen molar-refractivity contribution in [2.45, 2.75) is 33.4 Å². The Hall–Kier alpha value is -1.59. The fourth-order valence-corrected chi connectivity index (χ4v) is 1.83. The predicted molar refractivity (Wildman–Crippen MR) is 80.9 cm³/mol. The van der Waals surface area contributed by atoms with Gasteiger partial charge in [-0.05, 0) is 18.4 Å². The zero-order valence-electron chi connectivity index (χ0n) is 12.5. The monoisotopic (exact) mass is 279 g/mol. The van der Waals surface area contributed by atoms with Gasteiger partial charge in [0.05, 0.1) is 6.61 Å². The molecule has 0 radical (unpaired) electrons. The first kappa shape index (κ1) is 16.5. The number of amidine groups is 1. The number of hydrogen-bond acceptors (Lipinski definition) is 4. The van der Waals surface area contributed by atoms with Gasteiger partial charge in [0, 0.05) is 24.8 Å². The van der Waals surface area contributed by atoms with E-state index in [1.54, 1.807) is 0 Å². The molecule has 1 unspecified atom stereocenters. The molecule has 0 aliphatic heterocycles. The molecule has 112 valence electrons. The Morgan fingerprint density at radius 1 is 1.35 bits per heavy atom. The second kappa shape index (κ2) is 8.55. The fraction of sp³-hybridized carbons (Fsp3) is 0.533. The maximum absolute atomic E-state index is 8.61. The summed E-state index contributed by atoms with van der Waals surface area (Å²) < 4.78 is 5.49. The van der Waals surface area contributed by atoms with E-state index < -0.39 is 0 Å². The van der Waals surface area contributed by atoms with Crippen molar-refractivity contribution >= 4 is 5.84 Å². The molecule has 5 nitrogen and oxygen atoms in total. The number of ether oxygens (including phenoxy) is 1. The SMILES string of the molecule is CCOCC(NCc1ccc(/C(N)=N/O)cc1)C(C)C. The van der Waals surface area contributed by atoms with Crippen LogP contribution in [0.15, 0.2) is 29.4 Å². The van der Waals surface area contributed by atoms with Crippen LogP contribution in [0.4, 0.5) is 0 Å². The van der Waals surface area contributed by atoms with Crippen molar-refractivity contribution in [2.24, 2.45) is 16.8 Å². The number of benzene rings is 1. The van der Waals surface area contributed by atoms with Crippen LogP contribution in [0, 0.1) is 5.92 Å². The highest BCUT2D eigenvalue weighted by atomic mass is 16.5. The zero-order valence-corrected chi connectivity index (χ0v) is 12.5. The third-order valence-corrected chi connectivity index (χ3v) is 3.23. The highest BCUT2D eigenvalue weighted by Gasteiger charge is 2.12. The van der Waals surface area contributed by atoms with E-state index in [1.807, 2.05) is 31.2 Å². The number of nitrogens with zero attached hydrogens (tertiary/aromatic N) is 1. The molecule has 0 saturated heterocycles. The summed E-state index contributed by atoms with van der Waals surface area (Å²) in [5.74, 6) is 0.638. The van der Waals surface area contributed by atoms with Gasteiger partial charge in [0.1, 0.15) is 0 Å². The normalized spacial score (nSPS) is 13.7. The van der Waals surface area contributed by atoms with E-state index in [4.69, 9.17) is 15.7 Å². The van der Waals surface area contributed by atoms with Gasteiger partial charge in [-0.1, -0.05) is 43.3 Å². The van der Waals surface area contributed by atoms with Crippen LogP contribution < -0.4 is 11.1 Å². The molecule has 0 heterocycles. The average molecular weight is 279 g/mol. The molecule has 5 heteroatoms. The Morgan fingerprint density at radius 2 is 2.00 bits per heavy atom. The van der Waals surface area contributed by atoms with Gasteiger partial charge in [0.2, 0.25) is 0 Å². The van der Waals surface area contributed by atoms with E-state index >= 15 is 0 Å². The molecule has 1 aromatic carbocycles. The molecule has 0 aliphatic carbocycles. The second-order valence-corrected chi connectivity index (χ2v) is 5.07. The highest BCUT2D eigenvalue weighted by Crippen LogP contribution is 2.07. The van der Waals surface area contributed by atoms with Crippen LogP contribution in [0.1, 0.15) is 31.9 Å². The first-order chi connectivity index (χ1) is 9.58. The van der Waals surface area contributed by atoms with E-state index in [-0.39, 0.29) is 5.84 Å². The van der Waals surface area contributed by atoms with Crippen molar-refractivity contribution < 1.29 is 9.94 Å². The van der Waals surface area contributed by atoms with Crippen molar-refractivity contribution in [1.82, 2.24) is 5.32 Å². The summed E-state index contributed by atoms with van der Waals surface area (Å²) in [5.41, 5.74) is 7.40. The third kappa shape index (κ3) is 5.19. The maximum atomic E-state index is 8.61. The summed E-state index contributed by atoms with van der Waals surface area (Å²) in [6, 6.07) is 7.97. The molecule has 1 rings (SSSR count). The number of nitrogens with two attached hydrogens (primary N) is 1. The Balaban J connectivity index is 2.55. The van der Waals surface area contributed by atoms with Gasteiger partial charge >= 0.3 is 0 Å². The molecule has 0 amide bonds. The van der Waals surface area contributed by atoms with Crippen molar-refractivity contribution in [1.29, 1.82) is 0 Å². The first-order valence-corrected chi connectivity index (χ1v) is 6.96. The number of oxime groups is 1. The van der Waals surface area contributed by atoms with Gasteiger partial charge in [-0.3, -0.25) is 0 Å². The largest absolute Gasteiger partial charge is 0.409 e. The summed E-state index contributed by atoms with van der Waals surface area (Å²) in [5, 5.41) is 15.1. The van der Waals surface area contributed by atoms with E-state index in [9.17, 15) is 0 Å². The predicted octanol–water partition coefficient (Wildman–Crippen LogP) is 1.93. The molecule has 0 spiro atoms. The van der Waals surface area contributed by atoms with Crippen LogP contribution in [-0.4, -0.2) is 30.3 Å². The molecule has 1 atom stereocenters. The van der Waals surface area contributed by atoms with Crippen LogP contribution in [-0.2, 0) is 11.3 Å². The minimum Gasteiger partial charge on any atom is -0.409 e. The van der Waals surface area contributed by atoms with E-state index in [1.165, 1.54) is 0 Å². The summed E-state index contributed by atoms with van der Waals surface area (Å²) >= 11 is 0. The minimum absolute atomic E-state index is 0.126. The molecule has 20 heavy (non-hydrogen) atoms. The molecule has 0 aromatic heterocycles. The van der Waals surface area contributed by atoms with Crippen LogP contribution in [0.2, 0.25) is 0 Å². The van der Waals surface area contributed by atoms with Crippen molar-refractivity contribution in [3.05, 3.63) is 35.4 Å². The second-order valence-electron chi connectivity index (χ2n) is 5.07. The Morgan fingerprint density at radius 3 is 2.50 bits per heavy atom. The summed E-state index contributed by atoms with van der Waals surface area (Å²) in [4.78, 5) is 0. The minimum atomic E-state index is 0.126. The summed E-state index contributed by atoms with van der Waals surface area (Å²) in [6.45, 7) is 8.59. The smallest absolute Gasteiger partial charge is 0.170 e. The lowest BCUT2D eigenvalue weighted by Crippen LogP contribution is -2.37.